The van der Waals surface area contributed by atoms with E-state index >= 15 is 0 Å². The molecule has 1 aliphatic heterocycles. The molecule has 1 amide bonds. The number of hydrogen-bond acceptors (Lipinski definition) is 4. The molecule has 1 aliphatic rings. The van der Waals surface area contributed by atoms with Gasteiger partial charge >= 0.3 is 0 Å². The number of nitrogens with zero attached hydrogens (tertiary/aromatic N) is 2. The van der Waals surface area contributed by atoms with Crippen LogP contribution in [0.1, 0.15) is 28.5 Å². The van der Waals surface area contributed by atoms with E-state index in [1.54, 1.807) is 18.3 Å². The van der Waals surface area contributed by atoms with Gasteiger partial charge in [0.15, 0.2) is 0 Å². The Morgan fingerprint density at radius 2 is 2.17 bits per heavy atom. The van der Waals surface area contributed by atoms with E-state index in [0.717, 1.165) is 33.0 Å². The van der Waals surface area contributed by atoms with Crippen molar-refractivity contribution in [3.05, 3.63) is 50.9 Å². The molecular weight excluding hydrogens is 330 g/mol. The molecular formula is C17H16ClN3OS. The van der Waals surface area contributed by atoms with Crippen LogP contribution in [0.15, 0.2) is 24.3 Å². The summed E-state index contributed by atoms with van der Waals surface area (Å²) in [6.45, 7) is 3.52. The van der Waals surface area contributed by atoms with E-state index in [0.29, 0.717) is 24.7 Å². The average molecular weight is 346 g/mol. The third-order valence-corrected chi connectivity index (χ3v) is 5.41. The molecule has 0 radical (unpaired) electrons. The Labute approximate surface area is 144 Å². The van der Waals surface area contributed by atoms with Crippen molar-refractivity contribution in [1.29, 1.82) is 5.26 Å². The average Bonchev–Trinajstić information content (AvgIpc) is 2.90. The van der Waals surface area contributed by atoms with Crippen molar-refractivity contribution >= 4 is 33.8 Å². The van der Waals surface area contributed by atoms with Gasteiger partial charge in [-0.1, -0.05) is 23.7 Å². The molecule has 0 spiro atoms. The highest BCUT2D eigenvalue weighted by molar-refractivity contribution is 7.16. The molecule has 0 atom stereocenters. The second-order valence-corrected chi connectivity index (χ2v) is 7.03. The zero-order chi connectivity index (χ0) is 16.4. The Morgan fingerprint density at radius 3 is 2.83 bits per heavy atom. The first kappa shape index (κ1) is 15.9. The lowest BCUT2D eigenvalue weighted by molar-refractivity contribution is -0.129. The Kier molecular flexibility index (Phi) is 4.56. The van der Waals surface area contributed by atoms with E-state index in [4.69, 9.17) is 11.6 Å². The third-order valence-electron chi connectivity index (χ3n) is 3.98. The second-order valence-electron chi connectivity index (χ2n) is 5.49. The maximum Gasteiger partial charge on any atom is 0.219 e. The second kappa shape index (κ2) is 6.61. The van der Waals surface area contributed by atoms with Crippen molar-refractivity contribution < 1.29 is 4.79 Å². The molecule has 0 unspecified atom stereocenters. The minimum atomic E-state index is 0.0817. The molecule has 0 bridgehead atoms. The minimum Gasteiger partial charge on any atom is -0.372 e. The SMILES string of the molecule is CC(=O)N1CCc2c(sc(NCc3ccc(Cl)cc3)c2C#N)C1. The molecule has 2 aromatic rings. The number of thiophene rings is 1. The van der Waals surface area contributed by atoms with Crippen LogP contribution in [-0.4, -0.2) is 17.4 Å². The van der Waals surface area contributed by atoms with Gasteiger partial charge in [-0.2, -0.15) is 5.26 Å². The number of fused-ring (bicyclic) bond motifs is 1. The molecule has 6 heteroatoms. The first-order chi connectivity index (χ1) is 11.1. The fourth-order valence-electron chi connectivity index (χ4n) is 2.70. The highest BCUT2D eigenvalue weighted by atomic mass is 35.5. The van der Waals surface area contributed by atoms with Crippen LogP contribution in [0.3, 0.4) is 0 Å². The van der Waals surface area contributed by atoms with E-state index < -0.39 is 0 Å². The van der Waals surface area contributed by atoms with Crippen LogP contribution in [0.5, 0.6) is 0 Å². The molecule has 4 nitrogen and oxygen atoms in total. The van der Waals surface area contributed by atoms with Gasteiger partial charge in [-0.15, -0.1) is 11.3 Å². The Bertz CT molecular complexity index is 776. The molecule has 0 saturated heterocycles. The van der Waals surface area contributed by atoms with Crippen LogP contribution in [0, 0.1) is 11.3 Å². The quantitative estimate of drug-likeness (QED) is 0.920. The molecule has 23 heavy (non-hydrogen) atoms. The van der Waals surface area contributed by atoms with Crippen LogP contribution < -0.4 is 5.32 Å². The summed E-state index contributed by atoms with van der Waals surface area (Å²) in [5.41, 5.74) is 2.92. The van der Waals surface area contributed by atoms with E-state index in [1.165, 1.54) is 0 Å². The van der Waals surface area contributed by atoms with Gasteiger partial charge in [0, 0.05) is 29.9 Å². The smallest absolute Gasteiger partial charge is 0.219 e. The van der Waals surface area contributed by atoms with Crippen LogP contribution in [0.2, 0.25) is 5.02 Å². The number of amides is 1. The molecule has 0 fully saturated rings. The number of rotatable bonds is 3. The van der Waals surface area contributed by atoms with Gasteiger partial charge in [0.25, 0.3) is 0 Å². The highest BCUT2D eigenvalue weighted by Gasteiger charge is 2.25. The summed E-state index contributed by atoms with van der Waals surface area (Å²) < 4.78 is 0. The Morgan fingerprint density at radius 1 is 1.43 bits per heavy atom. The van der Waals surface area contributed by atoms with E-state index in [-0.39, 0.29) is 5.91 Å². The number of benzene rings is 1. The lowest BCUT2D eigenvalue weighted by Crippen LogP contribution is -2.33. The van der Waals surface area contributed by atoms with Crippen LogP contribution >= 0.6 is 22.9 Å². The molecule has 2 heterocycles. The normalized spacial score (nSPS) is 13.3. The van der Waals surface area contributed by atoms with Gasteiger partial charge in [0.2, 0.25) is 5.91 Å². The largest absolute Gasteiger partial charge is 0.372 e. The Balaban J connectivity index is 1.79. The number of halogens is 1. The van der Waals surface area contributed by atoms with Crippen LogP contribution in [-0.2, 0) is 24.3 Å². The summed E-state index contributed by atoms with van der Waals surface area (Å²) in [5.74, 6) is 0.0817. The van der Waals surface area contributed by atoms with Crippen molar-refractivity contribution in [3.63, 3.8) is 0 Å². The van der Waals surface area contributed by atoms with Crippen molar-refractivity contribution in [3.8, 4) is 6.07 Å². The van der Waals surface area contributed by atoms with Gasteiger partial charge in [-0.3, -0.25) is 4.79 Å². The third kappa shape index (κ3) is 3.34. The standard InChI is InChI=1S/C17H16ClN3OS/c1-11(22)21-7-6-14-15(8-19)17(23-16(14)10-21)20-9-12-2-4-13(18)5-3-12/h2-5,20H,6-7,9-10H2,1H3. The summed E-state index contributed by atoms with van der Waals surface area (Å²) in [6, 6.07) is 9.96. The van der Waals surface area contributed by atoms with Crippen molar-refractivity contribution in [2.45, 2.75) is 26.4 Å². The molecule has 118 valence electrons. The fraction of sp³-hybridized carbons (Fsp3) is 0.294. The summed E-state index contributed by atoms with van der Waals surface area (Å²) >= 11 is 7.47. The molecule has 1 N–H and O–H groups in total. The Hall–Kier alpha value is -2.03. The number of carbonyl (C=O) groups is 1. The predicted octanol–water partition coefficient (Wildman–Crippen LogP) is 3.79. The maximum absolute atomic E-state index is 11.5. The van der Waals surface area contributed by atoms with Crippen molar-refractivity contribution in [2.75, 3.05) is 11.9 Å². The van der Waals surface area contributed by atoms with Crippen LogP contribution in [0.25, 0.3) is 0 Å². The monoisotopic (exact) mass is 345 g/mol. The van der Waals surface area contributed by atoms with E-state index in [9.17, 15) is 10.1 Å². The van der Waals surface area contributed by atoms with Gasteiger partial charge in [-0.05, 0) is 29.7 Å². The van der Waals surface area contributed by atoms with Gasteiger partial charge in [0.1, 0.15) is 11.1 Å². The zero-order valence-electron chi connectivity index (χ0n) is 12.7. The molecule has 0 saturated carbocycles. The summed E-state index contributed by atoms with van der Waals surface area (Å²) in [4.78, 5) is 14.5. The van der Waals surface area contributed by atoms with Gasteiger partial charge in [0.05, 0.1) is 12.1 Å². The van der Waals surface area contributed by atoms with E-state index in [1.807, 2.05) is 29.2 Å². The number of nitrogens with one attached hydrogen (secondary N) is 1. The lowest BCUT2D eigenvalue weighted by atomic mass is 10.0. The summed E-state index contributed by atoms with van der Waals surface area (Å²) in [6.07, 6.45) is 0.747. The van der Waals surface area contributed by atoms with Gasteiger partial charge in [-0.25, -0.2) is 0 Å². The summed E-state index contributed by atoms with van der Waals surface area (Å²) in [7, 11) is 0. The van der Waals surface area contributed by atoms with E-state index in [2.05, 4.69) is 11.4 Å². The first-order valence-corrected chi connectivity index (χ1v) is 8.56. The maximum atomic E-state index is 11.5. The van der Waals surface area contributed by atoms with Gasteiger partial charge < -0.3 is 10.2 Å². The van der Waals surface area contributed by atoms with Crippen molar-refractivity contribution in [1.82, 2.24) is 4.90 Å². The summed E-state index contributed by atoms with van der Waals surface area (Å²) in [5, 5.41) is 14.4. The minimum absolute atomic E-state index is 0.0817. The topological polar surface area (TPSA) is 56.1 Å². The van der Waals surface area contributed by atoms with Crippen LogP contribution in [0.4, 0.5) is 5.00 Å². The highest BCUT2D eigenvalue weighted by Crippen LogP contribution is 2.36. The number of anilines is 1. The zero-order valence-corrected chi connectivity index (χ0v) is 14.3. The molecule has 3 rings (SSSR count). The predicted molar refractivity (Wildman–Crippen MR) is 92.6 cm³/mol. The molecule has 1 aromatic heterocycles. The first-order valence-electron chi connectivity index (χ1n) is 7.37. The number of nitriles is 1. The lowest BCUT2D eigenvalue weighted by Gasteiger charge is -2.25. The number of hydrogen-bond donors (Lipinski definition) is 1. The number of carbonyl (C=O) groups excluding carboxylic acids is 1. The molecule has 1 aromatic carbocycles. The van der Waals surface area contributed by atoms with Crippen molar-refractivity contribution in [2.24, 2.45) is 0 Å². The molecule has 0 aliphatic carbocycles. The fourth-order valence-corrected chi connectivity index (χ4v) is 4.04.